The van der Waals surface area contributed by atoms with Gasteiger partial charge in [0.2, 0.25) is 5.88 Å². The van der Waals surface area contributed by atoms with Gasteiger partial charge in [0.1, 0.15) is 11.8 Å². The lowest BCUT2D eigenvalue weighted by Gasteiger charge is -2.24. The number of nitrogens with one attached hydrogen (secondary N) is 2. The number of ether oxygens (including phenoxy) is 1. The Kier molecular flexibility index (Phi) is 7.95. The van der Waals surface area contributed by atoms with Crippen LogP contribution in [0.3, 0.4) is 0 Å². The Bertz CT molecular complexity index is 1310. The Hall–Kier alpha value is -2.66. The molecule has 3 aromatic rings. The first kappa shape index (κ1) is 25.4. The van der Waals surface area contributed by atoms with Crippen molar-refractivity contribution in [2.24, 2.45) is 0 Å². The topological polar surface area (TPSA) is 115 Å². The minimum Gasteiger partial charge on any atom is -0.471 e. The molecule has 1 fully saturated rings. The summed E-state index contributed by atoms with van der Waals surface area (Å²) in [4.78, 5) is 30.3. The summed E-state index contributed by atoms with van der Waals surface area (Å²) in [6.07, 6.45) is 1.96. The number of amides is 2. The number of benzene rings is 1. The average molecular weight is 557 g/mol. The number of carbonyl (C=O) groups is 2. The number of anilines is 1. The zero-order valence-corrected chi connectivity index (χ0v) is 21.5. The molecule has 1 aliphatic heterocycles. The van der Waals surface area contributed by atoms with Gasteiger partial charge >= 0.3 is 0 Å². The van der Waals surface area contributed by atoms with E-state index in [4.69, 9.17) is 39.5 Å². The maximum Gasteiger partial charge on any atom is 0.274 e. The van der Waals surface area contributed by atoms with Crippen molar-refractivity contribution in [3.8, 4) is 11.7 Å². The fourth-order valence-electron chi connectivity index (χ4n) is 3.27. The van der Waals surface area contributed by atoms with Crippen LogP contribution in [0.15, 0.2) is 36.5 Å². The Morgan fingerprint density at radius 2 is 1.94 bits per heavy atom. The van der Waals surface area contributed by atoms with Crippen LogP contribution in [0.5, 0.6) is 5.88 Å². The molecule has 0 unspecified atom stereocenters. The van der Waals surface area contributed by atoms with Crippen molar-refractivity contribution in [2.75, 3.05) is 23.4 Å². The monoisotopic (exact) mass is 555 g/mol. The smallest absolute Gasteiger partial charge is 0.274 e. The van der Waals surface area contributed by atoms with E-state index in [2.05, 4.69) is 20.7 Å². The van der Waals surface area contributed by atoms with Crippen molar-refractivity contribution < 1.29 is 18.5 Å². The first-order valence-electron chi connectivity index (χ1n) is 10.6. The molecule has 1 saturated heterocycles. The Morgan fingerprint density at radius 3 is 2.63 bits per heavy atom. The summed E-state index contributed by atoms with van der Waals surface area (Å²) in [6.45, 7) is 2.35. The zero-order valence-electron chi connectivity index (χ0n) is 18.4. The van der Waals surface area contributed by atoms with Gasteiger partial charge in [0, 0.05) is 34.6 Å². The molecule has 184 valence electrons. The number of hydrogen-bond acceptors (Lipinski definition) is 6. The Labute approximate surface area is 218 Å². The molecule has 9 nitrogen and oxygen atoms in total. The minimum absolute atomic E-state index is 0.0342. The van der Waals surface area contributed by atoms with Crippen LogP contribution in [0.1, 0.15) is 34.2 Å². The molecule has 0 radical (unpaired) electrons. The third kappa shape index (κ3) is 5.78. The van der Waals surface area contributed by atoms with E-state index < -0.39 is 22.6 Å². The van der Waals surface area contributed by atoms with Crippen molar-refractivity contribution in [2.45, 2.75) is 19.4 Å². The van der Waals surface area contributed by atoms with Crippen molar-refractivity contribution in [3.63, 3.8) is 0 Å². The molecule has 4 rings (SSSR count). The van der Waals surface area contributed by atoms with Gasteiger partial charge in [-0.15, -0.1) is 5.10 Å². The highest BCUT2D eigenvalue weighted by molar-refractivity contribution is 7.86. The lowest BCUT2D eigenvalue weighted by molar-refractivity contribution is 0.0954. The van der Waals surface area contributed by atoms with E-state index in [0.717, 1.165) is 6.42 Å². The molecule has 0 atom stereocenters. The average Bonchev–Trinajstić information content (AvgIpc) is 3.22. The number of carbonyl (C=O) groups excluding carboxylic acids is 2. The first-order chi connectivity index (χ1) is 16.8. The summed E-state index contributed by atoms with van der Waals surface area (Å²) in [5, 5.41) is 10.4. The highest BCUT2D eigenvalue weighted by Crippen LogP contribution is 2.32. The summed E-state index contributed by atoms with van der Waals surface area (Å²) in [5.41, 5.74) is 0.234. The van der Waals surface area contributed by atoms with Crippen LogP contribution in [0.2, 0.25) is 15.1 Å². The molecular weight excluding hydrogens is 537 g/mol. The standard InChI is InChI=1S/C22H20Cl3N5O4S/c1-2-5-27-21(31)14-7-12(23)8-16(25)19(14)28-22(32)17-9-18(34-13-10-35(33)11-13)29-30(17)20-15(24)4-3-6-26-20/h3-4,6-9,13H,2,5,10-11H2,1H3,(H,27,31)(H,28,32). The second-order valence-corrected chi connectivity index (χ2v) is 10.4. The predicted octanol–water partition coefficient (Wildman–Crippen LogP) is 4.13. The highest BCUT2D eigenvalue weighted by atomic mass is 35.5. The minimum atomic E-state index is -0.919. The Balaban J connectivity index is 1.70. The van der Waals surface area contributed by atoms with Gasteiger partial charge in [-0.1, -0.05) is 41.7 Å². The van der Waals surface area contributed by atoms with Crippen molar-refractivity contribution in [1.82, 2.24) is 20.1 Å². The van der Waals surface area contributed by atoms with Gasteiger partial charge in [0.15, 0.2) is 5.82 Å². The van der Waals surface area contributed by atoms with E-state index in [9.17, 15) is 13.8 Å². The summed E-state index contributed by atoms with van der Waals surface area (Å²) >= 11 is 18.8. The molecule has 35 heavy (non-hydrogen) atoms. The number of nitrogens with zero attached hydrogens (tertiary/aromatic N) is 3. The van der Waals surface area contributed by atoms with E-state index in [-0.39, 0.29) is 49.8 Å². The molecule has 0 aliphatic carbocycles. The van der Waals surface area contributed by atoms with Gasteiger partial charge in [-0.3, -0.25) is 13.8 Å². The molecule has 2 amide bonds. The molecule has 3 heterocycles. The quantitative estimate of drug-likeness (QED) is 0.431. The molecule has 1 aliphatic rings. The zero-order chi connectivity index (χ0) is 25.1. The lowest BCUT2D eigenvalue weighted by atomic mass is 10.1. The molecule has 0 bridgehead atoms. The number of aromatic nitrogens is 3. The predicted molar refractivity (Wildman–Crippen MR) is 136 cm³/mol. The molecule has 0 saturated carbocycles. The fourth-order valence-corrected chi connectivity index (χ4v) is 4.88. The van der Waals surface area contributed by atoms with E-state index in [1.54, 1.807) is 12.1 Å². The van der Waals surface area contributed by atoms with Crippen molar-refractivity contribution >= 4 is 63.1 Å². The van der Waals surface area contributed by atoms with E-state index in [1.165, 1.54) is 29.1 Å². The van der Waals surface area contributed by atoms with Crippen LogP contribution >= 0.6 is 34.8 Å². The summed E-state index contributed by atoms with van der Waals surface area (Å²) in [6, 6.07) is 7.52. The number of rotatable bonds is 8. The van der Waals surface area contributed by atoms with Gasteiger partial charge in [0.25, 0.3) is 11.8 Å². The van der Waals surface area contributed by atoms with Crippen LogP contribution in [-0.2, 0) is 10.8 Å². The Morgan fingerprint density at radius 1 is 1.17 bits per heavy atom. The molecule has 0 spiro atoms. The third-order valence-corrected chi connectivity index (χ3v) is 7.26. The molecule has 2 N–H and O–H groups in total. The van der Waals surface area contributed by atoms with Crippen molar-refractivity contribution in [1.29, 1.82) is 0 Å². The maximum absolute atomic E-state index is 13.4. The first-order valence-corrected chi connectivity index (χ1v) is 13.2. The fraction of sp³-hybridized carbons (Fsp3) is 0.273. The van der Waals surface area contributed by atoms with E-state index in [1.807, 2.05) is 6.92 Å². The summed E-state index contributed by atoms with van der Waals surface area (Å²) in [5.74, 6) is 0.0380. The second-order valence-electron chi connectivity index (χ2n) is 7.62. The van der Waals surface area contributed by atoms with E-state index in [0.29, 0.717) is 18.1 Å². The van der Waals surface area contributed by atoms with Crippen LogP contribution in [0, 0.1) is 0 Å². The van der Waals surface area contributed by atoms with Gasteiger partial charge in [0.05, 0.1) is 32.8 Å². The molecule has 2 aromatic heterocycles. The summed E-state index contributed by atoms with van der Waals surface area (Å²) in [7, 11) is -0.919. The number of hydrogen-bond donors (Lipinski definition) is 2. The highest BCUT2D eigenvalue weighted by Gasteiger charge is 2.30. The van der Waals surface area contributed by atoms with Crippen LogP contribution in [0.25, 0.3) is 5.82 Å². The molecule has 13 heteroatoms. The number of halogens is 3. The SMILES string of the molecule is CCCNC(=O)c1cc(Cl)cc(Cl)c1NC(=O)c1cc(OC2CS(=O)C2)nn1-c1ncccc1Cl. The third-order valence-electron chi connectivity index (χ3n) is 4.96. The maximum atomic E-state index is 13.4. The van der Waals surface area contributed by atoms with Gasteiger partial charge in [-0.05, 0) is 30.7 Å². The van der Waals surface area contributed by atoms with Crippen molar-refractivity contribution in [3.05, 3.63) is 62.9 Å². The van der Waals surface area contributed by atoms with E-state index >= 15 is 0 Å². The number of pyridine rings is 1. The van der Waals surface area contributed by atoms with Crippen LogP contribution in [0.4, 0.5) is 5.69 Å². The van der Waals surface area contributed by atoms with Crippen LogP contribution in [-0.4, -0.2) is 54.9 Å². The molecular formula is C22H20Cl3N5O4S. The molecule has 1 aromatic carbocycles. The van der Waals surface area contributed by atoms with Gasteiger partial charge in [-0.25, -0.2) is 9.67 Å². The largest absolute Gasteiger partial charge is 0.471 e. The normalized spacial score (nSPS) is 16.9. The van der Waals surface area contributed by atoms with Gasteiger partial charge in [-0.2, -0.15) is 0 Å². The van der Waals surface area contributed by atoms with Crippen LogP contribution < -0.4 is 15.4 Å². The summed E-state index contributed by atoms with van der Waals surface area (Å²) < 4.78 is 18.4. The second kappa shape index (κ2) is 10.9. The van der Waals surface area contributed by atoms with Gasteiger partial charge < -0.3 is 15.4 Å². The lowest BCUT2D eigenvalue weighted by Crippen LogP contribution is -2.41.